The molecule has 3 heteroatoms. The number of ether oxygens (including phenoxy) is 1. The van der Waals surface area contributed by atoms with Crippen molar-refractivity contribution in [1.82, 2.24) is 4.98 Å². The fraction of sp³-hybridized carbons (Fsp3) is 0.722. The molecule has 2 N–H and O–H groups in total. The summed E-state index contributed by atoms with van der Waals surface area (Å²) in [6, 6.07) is 0. The lowest BCUT2D eigenvalue weighted by atomic mass is 9.63. The minimum absolute atomic E-state index is 0.154. The van der Waals surface area contributed by atoms with Crippen molar-refractivity contribution in [3.8, 4) is 5.75 Å². The van der Waals surface area contributed by atoms with Gasteiger partial charge in [0.05, 0.1) is 7.11 Å². The van der Waals surface area contributed by atoms with Crippen molar-refractivity contribution >= 4 is 0 Å². The highest BCUT2D eigenvalue weighted by molar-refractivity contribution is 5.41. The molecule has 2 unspecified atom stereocenters. The lowest BCUT2D eigenvalue weighted by Gasteiger charge is -2.45. The number of methoxy groups -OCH3 is 1. The summed E-state index contributed by atoms with van der Waals surface area (Å²) in [4.78, 5) is 4.64. The Balaban J connectivity index is 2.29. The Labute approximate surface area is 129 Å². The molecule has 0 aliphatic heterocycles. The molecule has 1 heterocycles. The summed E-state index contributed by atoms with van der Waals surface area (Å²) in [5.74, 6) is 1.62. The lowest BCUT2D eigenvalue weighted by Crippen LogP contribution is -2.51. The van der Waals surface area contributed by atoms with Crippen LogP contribution in [0.4, 0.5) is 0 Å². The molecule has 21 heavy (non-hydrogen) atoms. The second-order valence-corrected chi connectivity index (χ2v) is 7.94. The molecular formula is C18H30N2O. The summed E-state index contributed by atoms with van der Waals surface area (Å²) in [7, 11) is 1.73. The molecule has 0 bridgehead atoms. The highest BCUT2D eigenvalue weighted by atomic mass is 16.5. The van der Waals surface area contributed by atoms with Crippen molar-refractivity contribution < 1.29 is 4.74 Å². The third-order valence-corrected chi connectivity index (χ3v) is 4.76. The molecule has 0 radical (unpaired) electrons. The van der Waals surface area contributed by atoms with Crippen molar-refractivity contribution in [2.24, 2.45) is 17.1 Å². The molecule has 2 rings (SSSR count). The van der Waals surface area contributed by atoms with Crippen molar-refractivity contribution in [3.05, 3.63) is 23.0 Å². The van der Waals surface area contributed by atoms with E-state index in [-0.39, 0.29) is 5.54 Å². The third kappa shape index (κ3) is 3.57. The zero-order valence-electron chi connectivity index (χ0n) is 14.4. The van der Waals surface area contributed by atoms with Crippen LogP contribution in [0.5, 0.6) is 5.75 Å². The van der Waals surface area contributed by atoms with Crippen molar-refractivity contribution in [1.29, 1.82) is 0 Å². The smallest absolute Gasteiger partial charge is 0.128 e. The van der Waals surface area contributed by atoms with Gasteiger partial charge < -0.3 is 10.5 Å². The van der Waals surface area contributed by atoms with Gasteiger partial charge in [-0.3, -0.25) is 4.98 Å². The summed E-state index contributed by atoms with van der Waals surface area (Å²) in [5.41, 5.74) is 10.2. The van der Waals surface area contributed by atoms with E-state index in [1.807, 2.05) is 13.1 Å². The van der Waals surface area contributed by atoms with E-state index in [1.165, 1.54) is 6.42 Å². The van der Waals surface area contributed by atoms with Gasteiger partial charge in [0.15, 0.2) is 0 Å². The first-order valence-electron chi connectivity index (χ1n) is 7.94. The predicted molar refractivity (Wildman–Crippen MR) is 87.7 cm³/mol. The zero-order valence-corrected chi connectivity index (χ0v) is 14.4. The van der Waals surface area contributed by atoms with E-state index in [0.717, 1.165) is 41.8 Å². The van der Waals surface area contributed by atoms with Gasteiger partial charge in [-0.05, 0) is 44.4 Å². The van der Waals surface area contributed by atoms with Crippen LogP contribution in [0.2, 0.25) is 0 Å². The number of hydrogen-bond acceptors (Lipinski definition) is 3. The number of nitrogens with zero attached hydrogens (tertiary/aromatic N) is 1. The van der Waals surface area contributed by atoms with E-state index in [0.29, 0.717) is 11.3 Å². The Bertz CT molecular complexity index is 524. The minimum Gasteiger partial charge on any atom is -0.496 e. The predicted octanol–water partition coefficient (Wildman–Crippen LogP) is 3.79. The van der Waals surface area contributed by atoms with Crippen LogP contribution >= 0.6 is 0 Å². The summed E-state index contributed by atoms with van der Waals surface area (Å²) in [6.07, 6.45) is 6.14. The van der Waals surface area contributed by atoms with Gasteiger partial charge in [0.1, 0.15) is 5.75 Å². The van der Waals surface area contributed by atoms with Crippen LogP contribution in [0.1, 0.15) is 56.9 Å². The third-order valence-electron chi connectivity index (χ3n) is 4.76. The first kappa shape index (κ1) is 16.3. The zero-order chi connectivity index (χ0) is 15.8. The van der Waals surface area contributed by atoms with Crippen LogP contribution in [-0.4, -0.2) is 17.6 Å². The Morgan fingerprint density at radius 3 is 2.57 bits per heavy atom. The SMILES string of the molecule is COc1c(C)cnc(CC2(N)CC(C)CC(C)(C)C2)c1C. The molecule has 0 aromatic carbocycles. The van der Waals surface area contributed by atoms with Gasteiger partial charge in [-0.2, -0.15) is 0 Å². The van der Waals surface area contributed by atoms with Crippen molar-refractivity contribution in [2.45, 2.75) is 65.8 Å². The Morgan fingerprint density at radius 1 is 1.33 bits per heavy atom. The summed E-state index contributed by atoms with van der Waals surface area (Å²) in [6.45, 7) is 11.1. The highest BCUT2D eigenvalue weighted by Crippen LogP contribution is 2.44. The molecule has 0 spiro atoms. The van der Waals surface area contributed by atoms with Gasteiger partial charge in [-0.1, -0.05) is 20.8 Å². The minimum atomic E-state index is -0.154. The topological polar surface area (TPSA) is 48.1 Å². The number of nitrogens with two attached hydrogens (primary N) is 1. The summed E-state index contributed by atoms with van der Waals surface area (Å²) in [5, 5.41) is 0. The van der Waals surface area contributed by atoms with E-state index in [1.54, 1.807) is 7.11 Å². The molecule has 0 saturated heterocycles. The Kier molecular flexibility index (Phi) is 4.34. The van der Waals surface area contributed by atoms with Gasteiger partial charge in [0, 0.05) is 35.0 Å². The van der Waals surface area contributed by atoms with Crippen molar-refractivity contribution in [3.63, 3.8) is 0 Å². The molecule has 0 amide bonds. The molecule has 2 atom stereocenters. The van der Waals surface area contributed by atoms with E-state index < -0.39 is 0 Å². The van der Waals surface area contributed by atoms with Crippen LogP contribution in [-0.2, 0) is 6.42 Å². The number of aromatic nitrogens is 1. The lowest BCUT2D eigenvalue weighted by molar-refractivity contribution is 0.107. The standard InChI is InChI=1S/C18H30N2O/c1-12-7-17(4,5)11-18(19,8-12)9-15-14(3)16(21-6)13(2)10-20-15/h10,12H,7-9,11,19H2,1-6H3. The monoisotopic (exact) mass is 290 g/mol. The molecule has 118 valence electrons. The molecule has 1 aromatic heterocycles. The number of pyridine rings is 1. The second-order valence-electron chi connectivity index (χ2n) is 7.94. The maximum Gasteiger partial charge on any atom is 0.128 e. The molecular weight excluding hydrogens is 260 g/mol. The van der Waals surface area contributed by atoms with Crippen LogP contribution in [0.15, 0.2) is 6.20 Å². The normalized spacial score (nSPS) is 28.4. The summed E-state index contributed by atoms with van der Waals surface area (Å²) >= 11 is 0. The van der Waals surface area contributed by atoms with E-state index in [9.17, 15) is 0 Å². The first-order chi connectivity index (χ1) is 9.66. The van der Waals surface area contributed by atoms with Crippen LogP contribution < -0.4 is 10.5 Å². The Morgan fingerprint density at radius 2 is 2.00 bits per heavy atom. The average molecular weight is 290 g/mol. The Hall–Kier alpha value is -1.09. The average Bonchev–Trinajstić information content (AvgIpc) is 2.30. The molecule has 1 aliphatic carbocycles. The first-order valence-corrected chi connectivity index (χ1v) is 7.94. The molecule has 1 aromatic rings. The number of hydrogen-bond donors (Lipinski definition) is 1. The quantitative estimate of drug-likeness (QED) is 0.921. The highest BCUT2D eigenvalue weighted by Gasteiger charge is 2.40. The van der Waals surface area contributed by atoms with E-state index in [2.05, 4.69) is 32.7 Å². The molecule has 3 nitrogen and oxygen atoms in total. The van der Waals surface area contributed by atoms with E-state index >= 15 is 0 Å². The van der Waals surface area contributed by atoms with Crippen LogP contribution in [0.25, 0.3) is 0 Å². The summed E-state index contributed by atoms with van der Waals surface area (Å²) < 4.78 is 5.52. The van der Waals surface area contributed by atoms with Crippen molar-refractivity contribution in [2.75, 3.05) is 7.11 Å². The van der Waals surface area contributed by atoms with E-state index in [4.69, 9.17) is 10.5 Å². The fourth-order valence-corrected chi connectivity index (χ4v) is 4.52. The number of aryl methyl sites for hydroxylation is 1. The maximum absolute atomic E-state index is 6.77. The van der Waals surface area contributed by atoms with Crippen LogP contribution in [0, 0.1) is 25.2 Å². The van der Waals surface area contributed by atoms with Gasteiger partial charge in [-0.15, -0.1) is 0 Å². The fourth-order valence-electron chi connectivity index (χ4n) is 4.52. The van der Waals surface area contributed by atoms with Gasteiger partial charge in [-0.25, -0.2) is 0 Å². The molecule has 1 saturated carbocycles. The van der Waals surface area contributed by atoms with Gasteiger partial charge >= 0.3 is 0 Å². The number of rotatable bonds is 3. The van der Waals surface area contributed by atoms with Crippen LogP contribution in [0.3, 0.4) is 0 Å². The van der Waals surface area contributed by atoms with Gasteiger partial charge in [0.25, 0.3) is 0 Å². The second kappa shape index (κ2) is 5.60. The molecule has 1 aliphatic rings. The largest absolute Gasteiger partial charge is 0.496 e. The maximum atomic E-state index is 6.77. The molecule has 1 fully saturated rings. The van der Waals surface area contributed by atoms with Gasteiger partial charge in [0.2, 0.25) is 0 Å².